The zero-order valence-corrected chi connectivity index (χ0v) is 17.8. The minimum absolute atomic E-state index is 0.183. The number of nitrogen functional groups attached to an aromatic ring is 1. The Labute approximate surface area is 177 Å². The van der Waals surface area contributed by atoms with Gasteiger partial charge in [0.1, 0.15) is 23.4 Å². The van der Waals surface area contributed by atoms with Gasteiger partial charge in [0.25, 0.3) is 0 Å². The molecule has 0 fully saturated rings. The summed E-state index contributed by atoms with van der Waals surface area (Å²) in [5.41, 5.74) is 7.57. The van der Waals surface area contributed by atoms with Crippen molar-refractivity contribution in [2.45, 2.75) is 24.5 Å². The molecular weight excluding hydrogens is 402 g/mol. The van der Waals surface area contributed by atoms with Crippen LogP contribution in [0.15, 0.2) is 77.7 Å². The van der Waals surface area contributed by atoms with Gasteiger partial charge in [0.05, 0.1) is 18.1 Å². The van der Waals surface area contributed by atoms with Crippen LogP contribution >= 0.6 is 0 Å². The van der Waals surface area contributed by atoms with E-state index in [-0.39, 0.29) is 11.0 Å². The molecule has 0 spiro atoms. The Morgan fingerprint density at radius 3 is 2.23 bits per heavy atom. The van der Waals surface area contributed by atoms with E-state index in [0.29, 0.717) is 36.1 Å². The van der Waals surface area contributed by atoms with E-state index < -0.39 is 9.84 Å². The molecule has 0 aliphatic rings. The van der Waals surface area contributed by atoms with Gasteiger partial charge in [-0.2, -0.15) is 0 Å². The SMILES string of the molecule is C[C@@H](COCc1ccccc1)Oc1cc(N)cc(Oc2ccc(S(C)(=O)=O)cc2)c1. The summed E-state index contributed by atoms with van der Waals surface area (Å²) in [5, 5.41) is 0. The van der Waals surface area contributed by atoms with Gasteiger partial charge in [-0.05, 0) is 36.8 Å². The van der Waals surface area contributed by atoms with Gasteiger partial charge in [-0.3, -0.25) is 0 Å². The summed E-state index contributed by atoms with van der Waals surface area (Å²) in [6.07, 6.45) is 0.979. The molecule has 0 heterocycles. The summed E-state index contributed by atoms with van der Waals surface area (Å²) < 4.78 is 40.6. The number of sulfone groups is 1. The predicted octanol–water partition coefficient (Wildman–Crippen LogP) is 4.45. The minimum Gasteiger partial charge on any atom is -0.488 e. The van der Waals surface area contributed by atoms with Gasteiger partial charge in [-0.25, -0.2) is 8.42 Å². The lowest BCUT2D eigenvalue weighted by Crippen LogP contribution is -2.19. The van der Waals surface area contributed by atoms with Crippen molar-refractivity contribution in [2.24, 2.45) is 0 Å². The van der Waals surface area contributed by atoms with Gasteiger partial charge in [-0.15, -0.1) is 0 Å². The van der Waals surface area contributed by atoms with Gasteiger partial charge in [-0.1, -0.05) is 30.3 Å². The Kier molecular flexibility index (Phi) is 6.97. The fourth-order valence-corrected chi connectivity index (χ4v) is 3.43. The van der Waals surface area contributed by atoms with Crippen LogP contribution < -0.4 is 15.2 Å². The van der Waals surface area contributed by atoms with Gasteiger partial charge < -0.3 is 19.9 Å². The van der Waals surface area contributed by atoms with Crippen LogP contribution in [0, 0.1) is 0 Å². The minimum atomic E-state index is -3.25. The third-order valence-corrected chi connectivity index (χ3v) is 5.32. The van der Waals surface area contributed by atoms with E-state index in [9.17, 15) is 8.42 Å². The second kappa shape index (κ2) is 9.65. The van der Waals surface area contributed by atoms with Crippen LogP contribution in [0.1, 0.15) is 12.5 Å². The molecule has 0 unspecified atom stereocenters. The molecule has 7 heteroatoms. The zero-order valence-electron chi connectivity index (χ0n) is 16.9. The van der Waals surface area contributed by atoms with Crippen molar-refractivity contribution in [1.29, 1.82) is 0 Å². The van der Waals surface area contributed by atoms with E-state index in [4.69, 9.17) is 19.9 Å². The second-order valence-electron chi connectivity index (χ2n) is 7.01. The molecule has 0 saturated heterocycles. The Balaban J connectivity index is 1.59. The van der Waals surface area contributed by atoms with E-state index in [1.54, 1.807) is 30.3 Å². The number of nitrogens with two attached hydrogens (primary N) is 1. The van der Waals surface area contributed by atoms with Gasteiger partial charge >= 0.3 is 0 Å². The zero-order chi connectivity index (χ0) is 21.6. The number of anilines is 1. The van der Waals surface area contributed by atoms with Crippen LogP contribution in [0.2, 0.25) is 0 Å². The maximum Gasteiger partial charge on any atom is 0.175 e. The quantitative estimate of drug-likeness (QED) is 0.508. The molecule has 6 nitrogen and oxygen atoms in total. The molecule has 0 radical (unpaired) electrons. The molecule has 3 rings (SSSR count). The third kappa shape index (κ3) is 6.50. The second-order valence-corrected chi connectivity index (χ2v) is 9.03. The Morgan fingerprint density at radius 2 is 1.57 bits per heavy atom. The third-order valence-electron chi connectivity index (χ3n) is 4.19. The van der Waals surface area contributed by atoms with Crippen molar-refractivity contribution in [3.63, 3.8) is 0 Å². The summed E-state index contributed by atoms with van der Waals surface area (Å²) in [5.74, 6) is 1.56. The molecule has 158 valence electrons. The maximum absolute atomic E-state index is 11.6. The van der Waals surface area contributed by atoms with Crippen LogP contribution in [0.3, 0.4) is 0 Å². The van der Waals surface area contributed by atoms with Crippen molar-refractivity contribution < 1.29 is 22.6 Å². The normalized spacial score (nSPS) is 12.3. The monoisotopic (exact) mass is 427 g/mol. The Bertz CT molecular complexity index is 1070. The lowest BCUT2D eigenvalue weighted by atomic mass is 10.2. The van der Waals surface area contributed by atoms with Crippen LogP contribution in [0.25, 0.3) is 0 Å². The average molecular weight is 428 g/mol. The first kappa shape index (κ1) is 21.7. The molecular formula is C23H25NO5S. The number of rotatable bonds is 9. The fourth-order valence-electron chi connectivity index (χ4n) is 2.79. The highest BCUT2D eigenvalue weighted by molar-refractivity contribution is 7.90. The van der Waals surface area contributed by atoms with Crippen molar-refractivity contribution in [1.82, 2.24) is 0 Å². The number of benzene rings is 3. The molecule has 1 atom stereocenters. The molecule has 0 saturated carbocycles. The Hall–Kier alpha value is -3.03. The summed E-state index contributed by atoms with van der Waals surface area (Å²) in [4.78, 5) is 0.232. The average Bonchev–Trinajstić information content (AvgIpc) is 2.68. The van der Waals surface area contributed by atoms with Gasteiger partial charge in [0.15, 0.2) is 9.84 Å². The lowest BCUT2D eigenvalue weighted by Gasteiger charge is -2.16. The topological polar surface area (TPSA) is 87.8 Å². The van der Waals surface area contributed by atoms with Crippen LogP contribution in [0.5, 0.6) is 17.2 Å². The fraction of sp³-hybridized carbons (Fsp3) is 0.217. The van der Waals surface area contributed by atoms with Crippen molar-refractivity contribution in [3.8, 4) is 17.2 Å². The molecule has 0 amide bonds. The molecule has 3 aromatic rings. The maximum atomic E-state index is 11.6. The molecule has 0 aliphatic heterocycles. The van der Waals surface area contributed by atoms with E-state index in [0.717, 1.165) is 11.8 Å². The summed E-state index contributed by atoms with van der Waals surface area (Å²) >= 11 is 0. The first-order valence-electron chi connectivity index (χ1n) is 9.46. The molecule has 30 heavy (non-hydrogen) atoms. The van der Waals surface area contributed by atoms with Crippen molar-refractivity contribution in [3.05, 3.63) is 78.4 Å². The molecule has 0 aromatic heterocycles. The summed E-state index contributed by atoms with van der Waals surface area (Å²) in [6.45, 7) is 2.86. The number of ether oxygens (including phenoxy) is 3. The summed E-state index contributed by atoms with van der Waals surface area (Å²) in [6, 6.07) is 21.3. The number of hydrogen-bond donors (Lipinski definition) is 1. The molecule has 3 aromatic carbocycles. The number of hydrogen-bond acceptors (Lipinski definition) is 6. The lowest BCUT2D eigenvalue weighted by molar-refractivity contribution is 0.0492. The van der Waals surface area contributed by atoms with E-state index in [2.05, 4.69) is 0 Å². The molecule has 2 N–H and O–H groups in total. The van der Waals surface area contributed by atoms with Gasteiger partial charge in [0.2, 0.25) is 0 Å². The van der Waals surface area contributed by atoms with Gasteiger partial charge in [0, 0.05) is 30.1 Å². The van der Waals surface area contributed by atoms with Crippen molar-refractivity contribution >= 4 is 15.5 Å². The van der Waals surface area contributed by atoms with E-state index in [1.807, 2.05) is 37.3 Å². The first-order valence-corrected chi connectivity index (χ1v) is 11.4. The van der Waals surface area contributed by atoms with Crippen LogP contribution in [0.4, 0.5) is 5.69 Å². The predicted molar refractivity (Wildman–Crippen MR) is 117 cm³/mol. The van der Waals surface area contributed by atoms with Crippen LogP contribution in [-0.4, -0.2) is 27.4 Å². The largest absolute Gasteiger partial charge is 0.488 e. The highest BCUT2D eigenvalue weighted by atomic mass is 32.2. The first-order chi connectivity index (χ1) is 14.3. The highest BCUT2D eigenvalue weighted by Gasteiger charge is 2.10. The smallest absolute Gasteiger partial charge is 0.175 e. The molecule has 0 aliphatic carbocycles. The Morgan fingerprint density at radius 1 is 0.900 bits per heavy atom. The molecule has 0 bridgehead atoms. The van der Waals surface area contributed by atoms with E-state index in [1.165, 1.54) is 12.1 Å². The van der Waals surface area contributed by atoms with Crippen molar-refractivity contribution in [2.75, 3.05) is 18.6 Å². The van der Waals surface area contributed by atoms with Crippen LogP contribution in [-0.2, 0) is 21.2 Å². The summed E-state index contributed by atoms with van der Waals surface area (Å²) in [7, 11) is -3.25. The van der Waals surface area contributed by atoms with E-state index >= 15 is 0 Å². The standard InChI is InChI=1S/C23H25NO5S/c1-17(15-27-16-18-6-4-3-5-7-18)28-21-12-19(24)13-22(14-21)29-20-8-10-23(11-9-20)30(2,25)26/h3-14,17H,15-16,24H2,1-2H3/t17-/m0/s1. The highest BCUT2D eigenvalue weighted by Crippen LogP contribution is 2.29.